The van der Waals surface area contributed by atoms with Crippen LogP contribution in [-0.2, 0) is 4.79 Å². The minimum atomic E-state index is -1.09. The molecule has 0 saturated heterocycles. The number of amides is 1. The molecule has 0 unspecified atom stereocenters. The van der Waals surface area contributed by atoms with Gasteiger partial charge in [-0.25, -0.2) is 4.39 Å². The highest BCUT2D eigenvalue weighted by Gasteiger charge is 2.41. The first-order chi connectivity index (χ1) is 5.41. The number of rotatable bonds is 2. The van der Waals surface area contributed by atoms with Gasteiger partial charge in [-0.15, -0.1) is 0 Å². The Kier molecular flexibility index (Phi) is 2.37. The van der Waals surface area contributed by atoms with Crippen LogP contribution >= 0.6 is 0 Å². The van der Waals surface area contributed by atoms with Crippen LogP contribution in [0.2, 0.25) is 0 Å². The molecule has 0 bridgehead atoms. The Bertz CT molecular complexity index is 183. The molecule has 70 valence electrons. The van der Waals surface area contributed by atoms with Crippen molar-refractivity contribution in [1.29, 1.82) is 0 Å². The number of hydrogen-bond acceptors (Lipinski definition) is 2. The van der Waals surface area contributed by atoms with Gasteiger partial charge in [0.05, 0.1) is 6.04 Å². The summed E-state index contributed by atoms with van der Waals surface area (Å²) in [4.78, 5) is 11.0. The van der Waals surface area contributed by atoms with Crippen LogP contribution in [0, 0.1) is 0 Å². The van der Waals surface area contributed by atoms with Crippen molar-refractivity contribution in [2.75, 3.05) is 0 Å². The Morgan fingerprint density at radius 3 is 2.58 bits per heavy atom. The Morgan fingerprint density at radius 2 is 2.25 bits per heavy atom. The first-order valence-electron chi connectivity index (χ1n) is 4.15. The maximum atomic E-state index is 12.9. The van der Waals surface area contributed by atoms with Crippen molar-refractivity contribution in [3.63, 3.8) is 0 Å². The number of carbonyl (C=O) groups is 1. The topological polar surface area (TPSA) is 55.1 Å². The van der Waals surface area contributed by atoms with E-state index in [1.165, 1.54) is 0 Å². The zero-order valence-corrected chi connectivity index (χ0v) is 7.43. The summed E-state index contributed by atoms with van der Waals surface area (Å²) < 4.78 is 12.9. The molecule has 1 aliphatic carbocycles. The Hall–Kier alpha value is -0.640. The average Bonchev–Trinajstić information content (AvgIpc) is 1.83. The monoisotopic (exact) mass is 174 g/mol. The van der Waals surface area contributed by atoms with Crippen LogP contribution in [0.4, 0.5) is 4.39 Å². The van der Waals surface area contributed by atoms with Crippen molar-refractivity contribution in [2.24, 2.45) is 5.73 Å². The van der Waals surface area contributed by atoms with E-state index in [-0.39, 0.29) is 11.9 Å². The number of carbonyl (C=O) groups excluding carboxylic acids is 1. The van der Waals surface area contributed by atoms with E-state index in [1.807, 2.05) is 0 Å². The van der Waals surface area contributed by atoms with Crippen molar-refractivity contribution in [2.45, 2.75) is 44.4 Å². The molecule has 4 heteroatoms. The highest BCUT2D eigenvalue weighted by atomic mass is 19.1. The molecule has 12 heavy (non-hydrogen) atoms. The second-order valence-electron chi connectivity index (χ2n) is 3.82. The highest BCUT2D eigenvalue weighted by molar-refractivity contribution is 5.81. The van der Waals surface area contributed by atoms with Gasteiger partial charge in [-0.2, -0.15) is 0 Å². The smallest absolute Gasteiger partial charge is 0.236 e. The van der Waals surface area contributed by atoms with Crippen LogP contribution in [0.3, 0.4) is 0 Å². The standard InChI is InChI=1S/C8H15FN2O/c1-5(10)7(12)11-6-3-8(2,9)4-6/h5-6H,3-4,10H2,1-2H3,(H,11,12)/t5-,6?,8?/m1/s1. The summed E-state index contributed by atoms with van der Waals surface area (Å²) in [5, 5.41) is 2.67. The van der Waals surface area contributed by atoms with Gasteiger partial charge in [-0.3, -0.25) is 4.79 Å². The first-order valence-corrected chi connectivity index (χ1v) is 4.15. The van der Waals surface area contributed by atoms with Crippen molar-refractivity contribution < 1.29 is 9.18 Å². The number of nitrogens with one attached hydrogen (secondary N) is 1. The van der Waals surface area contributed by atoms with Crippen molar-refractivity contribution in [3.05, 3.63) is 0 Å². The molecule has 0 aromatic rings. The molecule has 3 N–H and O–H groups in total. The van der Waals surface area contributed by atoms with Gasteiger partial charge in [0, 0.05) is 18.9 Å². The molecule has 1 atom stereocenters. The molecule has 1 fully saturated rings. The minimum Gasteiger partial charge on any atom is -0.352 e. The molecule has 0 aromatic heterocycles. The summed E-state index contributed by atoms with van der Waals surface area (Å²) in [6, 6.07) is -0.519. The molecule has 0 spiro atoms. The van der Waals surface area contributed by atoms with Crippen molar-refractivity contribution in [3.8, 4) is 0 Å². The van der Waals surface area contributed by atoms with Crippen LogP contribution in [0.25, 0.3) is 0 Å². The van der Waals surface area contributed by atoms with Crippen molar-refractivity contribution in [1.82, 2.24) is 5.32 Å². The fourth-order valence-corrected chi connectivity index (χ4v) is 1.40. The molecule has 1 rings (SSSR count). The molecular weight excluding hydrogens is 159 g/mol. The predicted molar refractivity (Wildman–Crippen MR) is 44.3 cm³/mol. The van der Waals surface area contributed by atoms with Gasteiger partial charge in [-0.1, -0.05) is 0 Å². The molecule has 3 nitrogen and oxygen atoms in total. The van der Waals surface area contributed by atoms with E-state index >= 15 is 0 Å². The van der Waals surface area contributed by atoms with Crippen LogP contribution in [-0.4, -0.2) is 23.7 Å². The normalized spacial score (nSPS) is 36.8. The number of nitrogens with two attached hydrogens (primary N) is 1. The zero-order chi connectivity index (χ0) is 9.35. The lowest BCUT2D eigenvalue weighted by molar-refractivity contribution is -0.124. The fourth-order valence-electron chi connectivity index (χ4n) is 1.40. The third kappa shape index (κ3) is 2.17. The van der Waals surface area contributed by atoms with E-state index in [0.29, 0.717) is 12.8 Å². The van der Waals surface area contributed by atoms with Crippen LogP contribution in [0.1, 0.15) is 26.7 Å². The van der Waals surface area contributed by atoms with Gasteiger partial charge in [-0.05, 0) is 13.8 Å². The molecule has 1 aliphatic rings. The molecule has 1 saturated carbocycles. The first kappa shape index (κ1) is 9.45. The lowest BCUT2D eigenvalue weighted by atomic mass is 9.79. The third-order valence-electron chi connectivity index (χ3n) is 2.10. The molecule has 0 radical (unpaired) electrons. The summed E-state index contributed by atoms with van der Waals surface area (Å²) in [5.74, 6) is -0.199. The number of halogens is 1. The summed E-state index contributed by atoms with van der Waals surface area (Å²) in [6.45, 7) is 3.16. The van der Waals surface area contributed by atoms with Gasteiger partial charge in [0.2, 0.25) is 5.91 Å². The van der Waals surface area contributed by atoms with E-state index in [2.05, 4.69) is 5.32 Å². The molecule has 0 heterocycles. The van der Waals surface area contributed by atoms with Crippen molar-refractivity contribution >= 4 is 5.91 Å². The summed E-state index contributed by atoms with van der Waals surface area (Å²) >= 11 is 0. The maximum absolute atomic E-state index is 12.9. The third-order valence-corrected chi connectivity index (χ3v) is 2.10. The van der Waals surface area contributed by atoms with Crippen LogP contribution in [0.15, 0.2) is 0 Å². The van der Waals surface area contributed by atoms with Gasteiger partial charge in [0.25, 0.3) is 0 Å². The molecule has 0 aromatic carbocycles. The van der Waals surface area contributed by atoms with E-state index in [0.717, 1.165) is 0 Å². The van der Waals surface area contributed by atoms with E-state index in [1.54, 1.807) is 13.8 Å². The van der Waals surface area contributed by atoms with Gasteiger partial charge in [0.1, 0.15) is 5.67 Å². The lowest BCUT2D eigenvalue weighted by Gasteiger charge is -2.39. The maximum Gasteiger partial charge on any atom is 0.236 e. The number of hydrogen-bond donors (Lipinski definition) is 2. The SMILES string of the molecule is C[C@@H](N)C(=O)NC1CC(C)(F)C1. The highest BCUT2D eigenvalue weighted by Crippen LogP contribution is 2.35. The summed E-state index contributed by atoms with van der Waals surface area (Å²) in [7, 11) is 0. The second kappa shape index (κ2) is 3.01. The van der Waals surface area contributed by atoms with Gasteiger partial charge in [0.15, 0.2) is 0 Å². The van der Waals surface area contributed by atoms with E-state index < -0.39 is 11.7 Å². The minimum absolute atomic E-state index is 0.0153. The average molecular weight is 174 g/mol. The lowest BCUT2D eigenvalue weighted by Crippen LogP contribution is -2.54. The quantitative estimate of drug-likeness (QED) is 0.634. The Balaban J connectivity index is 2.23. The molecular formula is C8H15FN2O. The zero-order valence-electron chi connectivity index (χ0n) is 7.43. The summed E-state index contributed by atoms with van der Waals surface area (Å²) in [5.41, 5.74) is 4.24. The molecule has 1 amide bonds. The molecule has 0 aliphatic heterocycles. The largest absolute Gasteiger partial charge is 0.352 e. The second-order valence-corrected chi connectivity index (χ2v) is 3.82. The number of alkyl halides is 1. The fraction of sp³-hybridized carbons (Fsp3) is 0.875. The van der Waals surface area contributed by atoms with Crippen LogP contribution < -0.4 is 11.1 Å². The predicted octanol–water partition coefficient (Wildman–Crippen LogP) is 0.340. The van der Waals surface area contributed by atoms with E-state index in [4.69, 9.17) is 5.73 Å². The van der Waals surface area contributed by atoms with Gasteiger partial charge >= 0.3 is 0 Å². The van der Waals surface area contributed by atoms with Gasteiger partial charge < -0.3 is 11.1 Å². The summed E-state index contributed by atoms with van der Waals surface area (Å²) in [6.07, 6.45) is 0.816. The Labute approximate surface area is 71.5 Å². The van der Waals surface area contributed by atoms with E-state index in [9.17, 15) is 9.18 Å². The van der Waals surface area contributed by atoms with Crippen LogP contribution in [0.5, 0.6) is 0 Å². The Morgan fingerprint density at radius 1 is 1.75 bits per heavy atom.